The highest BCUT2D eigenvalue weighted by molar-refractivity contribution is 5.81. The Labute approximate surface area is 207 Å². The summed E-state index contributed by atoms with van der Waals surface area (Å²) in [4.78, 5) is 48.6. The Hall–Kier alpha value is -2.94. The second-order valence-corrected chi connectivity index (χ2v) is 8.48. The van der Waals surface area contributed by atoms with Gasteiger partial charge < -0.3 is 24.7 Å². The van der Waals surface area contributed by atoms with Gasteiger partial charge in [0.2, 0.25) is 0 Å². The van der Waals surface area contributed by atoms with Gasteiger partial charge in [-0.15, -0.1) is 0 Å². The molecular weight excluding hydrogens is 454 g/mol. The molecule has 0 heterocycles. The van der Waals surface area contributed by atoms with E-state index in [9.17, 15) is 19.2 Å². The summed E-state index contributed by atoms with van der Waals surface area (Å²) in [7, 11) is 1.23. The highest BCUT2D eigenvalue weighted by Crippen LogP contribution is 2.31. The van der Waals surface area contributed by atoms with Gasteiger partial charge in [-0.1, -0.05) is 39.7 Å². The Morgan fingerprint density at radius 1 is 0.829 bits per heavy atom. The van der Waals surface area contributed by atoms with Crippen molar-refractivity contribution in [2.45, 2.75) is 90.5 Å². The summed E-state index contributed by atoms with van der Waals surface area (Å²) < 4.78 is 21.0. The topological polar surface area (TPSA) is 131 Å². The van der Waals surface area contributed by atoms with Crippen LogP contribution in [-0.2, 0) is 35.1 Å². The lowest BCUT2D eigenvalue weighted by Gasteiger charge is -2.26. The molecule has 1 aromatic carbocycles. The summed E-state index contributed by atoms with van der Waals surface area (Å²) in [5.41, 5.74) is 5.45. The van der Waals surface area contributed by atoms with Gasteiger partial charge in [0.15, 0.2) is 11.5 Å². The number of methoxy groups -OCH3 is 1. The van der Waals surface area contributed by atoms with Crippen LogP contribution < -0.4 is 15.2 Å². The molecule has 0 amide bonds. The van der Waals surface area contributed by atoms with Crippen LogP contribution in [0.5, 0.6) is 11.5 Å². The molecule has 1 aromatic rings. The smallest absolute Gasteiger partial charge is 0.326 e. The third kappa shape index (κ3) is 10.9. The van der Waals surface area contributed by atoms with E-state index < -0.39 is 23.4 Å². The number of nitrogens with two attached hydrogens (primary N) is 1. The van der Waals surface area contributed by atoms with Crippen molar-refractivity contribution in [3.8, 4) is 11.5 Å². The van der Waals surface area contributed by atoms with Gasteiger partial charge in [-0.3, -0.25) is 19.2 Å². The quantitative estimate of drug-likeness (QED) is 0.268. The van der Waals surface area contributed by atoms with E-state index in [4.69, 9.17) is 24.7 Å². The molecular formula is C26H39NO8. The minimum absolute atomic E-state index is 0.0224. The number of hydrogen-bond acceptors (Lipinski definition) is 9. The van der Waals surface area contributed by atoms with Gasteiger partial charge >= 0.3 is 23.9 Å². The lowest BCUT2D eigenvalue weighted by atomic mass is 9.88. The molecule has 9 nitrogen and oxygen atoms in total. The zero-order chi connectivity index (χ0) is 26.3. The number of esters is 4. The predicted octanol–water partition coefficient (Wildman–Crippen LogP) is 4.02. The number of benzene rings is 1. The molecule has 0 aliphatic heterocycles. The third-order valence-electron chi connectivity index (χ3n) is 5.30. The molecule has 0 aromatic heterocycles. The molecule has 0 saturated heterocycles. The number of rotatable bonds is 16. The molecule has 0 unspecified atom stereocenters. The third-order valence-corrected chi connectivity index (χ3v) is 5.30. The lowest BCUT2D eigenvalue weighted by Crippen LogP contribution is -2.51. The molecule has 9 heteroatoms. The summed E-state index contributed by atoms with van der Waals surface area (Å²) in [6, 6.07) is 4.68. The largest absolute Gasteiger partial charge is 0.468 e. The van der Waals surface area contributed by atoms with E-state index in [1.807, 2.05) is 20.8 Å². The van der Waals surface area contributed by atoms with Crippen LogP contribution >= 0.6 is 0 Å². The van der Waals surface area contributed by atoms with Gasteiger partial charge in [-0.05, 0) is 37.0 Å². The van der Waals surface area contributed by atoms with Gasteiger partial charge in [-0.25, -0.2) is 0 Å². The number of carbonyl (C=O) groups is 4. The Morgan fingerprint density at radius 2 is 1.43 bits per heavy atom. The standard InChI is InChI=1S/C26H39NO8/c1-5-8-11-23(29)34-20-14-13-19(17-21(20)35-24(30)12-9-6-2)18-26(27,25(31)32-4)15-16-33-22(28)10-7-3/h13-14,17H,5-12,15-16,18,27H2,1-4H3/t26-/m1/s1. The fourth-order valence-corrected chi connectivity index (χ4v) is 3.27. The van der Waals surface area contributed by atoms with Crippen molar-refractivity contribution in [2.75, 3.05) is 13.7 Å². The molecule has 0 aliphatic rings. The second kappa shape index (κ2) is 15.9. The van der Waals surface area contributed by atoms with Crippen molar-refractivity contribution >= 4 is 23.9 Å². The minimum Gasteiger partial charge on any atom is -0.468 e. The first-order valence-corrected chi connectivity index (χ1v) is 12.3. The van der Waals surface area contributed by atoms with Crippen LogP contribution in [-0.4, -0.2) is 43.1 Å². The van der Waals surface area contributed by atoms with Crippen LogP contribution in [0.4, 0.5) is 0 Å². The zero-order valence-corrected chi connectivity index (χ0v) is 21.4. The van der Waals surface area contributed by atoms with E-state index in [-0.39, 0.29) is 56.2 Å². The van der Waals surface area contributed by atoms with Gasteiger partial charge in [0.05, 0.1) is 13.7 Å². The van der Waals surface area contributed by atoms with E-state index in [0.717, 1.165) is 12.8 Å². The van der Waals surface area contributed by atoms with Crippen LogP contribution in [0.3, 0.4) is 0 Å². The van der Waals surface area contributed by atoms with Crippen molar-refractivity contribution in [2.24, 2.45) is 5.73 Å². The first-order chi connectivity index (χ1) is 16.7. The van der Waals surface area contributed by atoms with E-state index in [1.54, 1.807) is 6.07 Å². The Balaban J connectivity index is 3.12. The molecule has 0 bridgehead atoms. The van der Waals surface area contributed by atoms with E-state index >= 15 is 0 Å². The van der Waals surface area contributed by atoms with Crippen molar-refractivity contribution < 1.29 is 38.1 Å². The maximum atomic E-state index is 12.5. The molecule has 0 aliphatic carbocycles. The molecule has 0 saturated carbocycles. The molecule has 0 radical (unpaired) electrons. The van der Waals surface area contributed by atoms with Gasteiger partial charge in [-0.2, -0.15) is 0 Å². The van der Waals surface area contributed by atoms with Crippen LogP contribution in [0, 0.1) is 0 Å². The van der Waals surface area contributed by atoms with Gasteiger partial charge in [0.1, 0.15) is 5.54 Å². The summed E-state index contributed by atoms with van der Waals surface area (Å²) >= 11 is 0. The highest BCUT2D eigenvalue weighted by Gasteiger charge is 2.36. The average Bonchev–Trinajstić information content (AvgIpc) is 2.82. The van der Waals surface area contributed by atoms with Crippen LogP contribution in [0.25, 0.3) is 0 Å². The molecule has 0 fully saturated rings. The number of ether oxygens (including phenoxy) is 4. The summed E-state index contributed by atoms with van der Waals surface area (Å²) in [6.07, 6.45) is 4.46. The first kappa shape index (κ1) is 30.1. The first-order valence-electron chi connectivity index (χ1n) is 12.3. The molecule has 196 valence electrons. The normalized spacial score (nSPS) is 12.4. The number of hydrogen-bond donors (Lipinski definition) is 1. The molecule has 0 spiro atoms. The zero-order valence-electron chi connectivity index (χ0n) is 21.4. The molecule has 1 atom stereocenters. The lowest BCUT2D eigenvalue weighted by molar-refractivity contribution is -0.151. The second-order valence-electron chi connectivity index (χ2n) is 8.48. The molecule has 2 N–H and O–H groups in total. The Bertz CT molecular complexity index is 854. The SMILES string of the molecule is CCCCC(=O)Oc1ccc(C[C@](N)(CCOC(=O)CCC)C(=O)OC)cc1OC(=O)CCCC. The van der Waals surface area contributed by atoms with Crippen molar-refractivity contribution in [1.29, 1.82) is 0 Å². The monoisotopic (exact) mass is 493 g/mol. The Morgan fingerprint density at radius 3 is 1.97 bits per heavy atom. The maximum Gasteiger partial charge on any atom is 0.326 e. The van der Waals surface area contributed by atoms with Crippen LogP contribution in [0.15, 0.2) is 18.2 Å². The summed E-state index contributed by atoms with van der Waals surface area (Å²) in [5.74, 6) is -1.72. The van der Waals surface area contributed by atoms with Crippen LogP contribution in [0.2, 0.25) is 0 Å². The van der Waals surface area contributed by atoms with Crippen molar-refractivity contribution in [3.05, 3.63) is 23.8 Å². The van der Waals surface area contributed by atoms with E-state index in [0.29, 0.717) is 24.8 Å². The van der Waals surface area contributed by atoms with E-state index in [2.05, 4.69) is 0 Å². The fourth-order valence-electron chi connectivity index (χ4n) is 3.27. The van der Waals surface area contributed by atoms with Crippen molar-refractivity contribution in [3.63, 3.8) is 0 Å². The fraction of sp³-hybridized carbons (Fsp3) is 0.615. The molecule has 35 heavy (non-hydrogen) atoms. The Kier molecular flexibility index (Phi) is 13.6. The average molecular weight is 494 g/mol. The highest BCUT2D eigenvalue weighted by atomic mass is 16.6. The van der Waals surface area contributed by atoms with Crippen molar-refractivity contribution in [1.82, 2.24) is 0 Å². The predicted molar refractivity (Wildman–Crippen MR) is 130 cm³/mol. The van der Waals surface area contributed by atoms with Gasteiger partial charge in [0.25, 0.3) is 0 Å². The summed E-state index contributed by atoms with van der Waals surface area (Å²) in [5, 5.41) is 0. The maximum absolute atomic E-state index is 12.5. The number of unbranched alkanes of at least 4 members (excludes halogenated alkanes) is 2. The minimum atomic E-state index is -1.48. The summed E-state index contributed by atoms with van der Waals surface area (Å²) in [6.45, 7) is 5.74. The van der Waals surface area contributed by atoms with E-state index in [1.165, 1.54) is 19.2 Å². The number of carbonyl (C=O) groups excluding carboxylic acids is 4. The molecule has 1 rings (SSSR count). The van der Waals surface area contributed by atoms with Crippen LogP contribution in [0.1, 0.15) is 84.1 Å². The van der Waals surface area contributed by atoms with Gasteiger partial charge in [0, 0.05) is 32.1 Å².